The predicted octanol–water partition coefficient (Wildman–Crippen LogP) is 2.52. The highest BCUT2D eigenvalue weighted by Crippen LogP contribution is 2.35. The van der Waals surface area contributed by atoms with Crippen LogP contribution in [-0.4, -0.2) is 48.8 Å². The molecule has 1 aliphatic rings. The van der Waals surface area contributed by atoms with Gasteiger partial charge in [0.2, 0.25) is 0 Å². The number of likely N-dealkylation sites (tertiary alicyclic amines) is 1. The predicted molar refractivity (Wildman–Crippen MR) is 87.0 cm³/mol. The molecule has 0 aromatic heterocycles. The number of nitrogens with zero attached hydrogens (tertiary/aromatic N) is 1. The largest absolute Gasteiger partial charge is 0.466 e. The summed E-state index contributed by atoms with van der Waals surface area (Å²) in [6.07, 6.45) is 2.36. The molecule has 1 aromatic rings. The van der Waals surface area contributed by atoms with Crippen LogP contribution in [0.4, 0.5) is 0 Å². The summed E-state index contributed by atoms with van der Waals surface area (Å²) in [6.45, 7) is 4.46. The number of esters is 1. The summed E-state index contributed by atoms with van der Waals surface area (Å²) in [5.41, 5.74) is 0.500. The third-order valence-electron chi connectivity index (χ3n) is 4.21. The number of piperidine rings is 1. The van der Waals surface area contributed by atoms with Crippen LogP contribution in [0.3, 0.4) is 0 Å². The van der Waals surface area contributed by atoms with Gasteiger partial charge in [-0.25, -0.2) is 0 Å². The first-order valence-corrected chi connectivity index (χ1v) is 8.22. The minimum atomic E-state index is -0.548. The van der Waals surface area contributed by atoms with Crippen LogP contribution in [0, 0.1) is 5.41 Å². The number of ether oxygens (including phenoxy) is 1. The first-order chi connectivity index (χ1) is 10.6. The van der Waals surface area contributed by atoms with Crippen molar-refractivity contribution in [2.24, 2.45) is 5.41 Å². The van der Waals surface area contributed by atoms with Crippen molar-refractivity contribution in [3.05, 3.63) is 34.9 Å². The molecule has 22 heavy (non-hydrogen) atoms. The standard InChI is InChI=1S/C17H24ClNO3/c1-2-22-16(21)17(7-4-8-19(13-17)9-10-20)12-14-5-3-6-15(18)11-14/h3,5-6,11,20H,2,4,7-10,12-13H2,1H3. The first kappa shape index (κ1) is 17.3. The zero-order valence-electron chi connectivity index (χ0n) is 13.1. The molecule has 0 amide bonds. The average Bonchev–Trinajstić information content (AvgIpc) is 2.48. The van der Waals surface area contributed by atoms with E-state index in [0.29, 0.717) is 31.1 Å². The topological polar surface area (TPSA) is 49.8 Å². The number of hydrogen-bond acceptors (Lipinski definition) is 4. The molecule has 1 saturated heterocycles. The summed E-state index contributed by atoms with van der Waals surface area (Å²) < 4.78 is 5.35. The molecule has 122 valence electrons. The van der Waals surface area contributed by atoms with Gasteiger partial charge in [-0.15, -0.1) is 0 Å². The Kier molecular flexibility index (Phi) is 6.24. The van der Waals surface area contributed by atoms with Gasteiger partial charge in [0.05, 0.1) is 18.6 Å². The molecular formula is C17H24ClNO3. The van der Waals surface area contributed by atoms with Gasteiger partial charge >= 0.3 is 5.97 Å². The molecule has 0 saturated carbocycles. The SMILES string of the molecule is CCOC(=O)C1(Cc2cccc(Cl)c2)CCCN(CCO)C1. The molecule has 1 unspecified atom stereocenters. The van der Waals surface area contributed by atoms with Gasteiger partial charge in [0, 0.05) is 18.1 Å². The fourth-order valence-corrected chi connectivity index (χ4v) is 3.48. The number of carbonyl (C=O) groups is 1. The molecule has 1 aromatic carbocycles. The smallest absolute Gasteiger partial charge is 0.313 e. The van der Waals surface area contributed by atoms with Crippen LogP contribution < -0.4 is 0 Å². The van der Waals surface area contributed by atoms with Crippen LogP contribution in [0.2, 0.25) is 5.02 Å². The number of aliphatic hydroxyl groups excluding tert-OH is 1. The third-order valence-corrected chi connectivity index (χ3v) is 4.45. The van der Waals surface area contributed by atoms with Crippen LogP contribution in [-0.2, 0) is 16.0 Å². The van der Waals surface area contributed by atoms with Gasteiger partial charge in [0.15, 0.2) is 0 Å². The molecule has 1 fully saturated rings. The quantitative estimate of drug-likeness (QED) is 0.817. The molecule has 1 heterocycles. The molecule has 5 heteroatoms. The number of carbonyl (C=O) groups excluding carboxylic acids is 1. The lowest BCUT2D eigenvalue weighted by Gasteiger charge is -2.41. The second-order valence-corrected chi connectivity index (χ2v) is 6.35. The highest BCUT2D eigenvalue weighted by molar-refractivity contribution is 6.30. The summed E-state index contributed by atoms with van der Waals surface area (Å²) in [6, 6.07) is 7.65. The molecule has 4 nitrogen and oxygen atoms in total. The van der Waals surface area contributed by atoms with Crippen molar-refractivity contribution in [1.82, 2.24) is 4.90 Å². The van der Waals surface area contributed by atoms with E-state index in [1.54, 1.807) is 0 Å². The van der Waals surface area contributed by atoms with Crippen LogP contribution in [0.5, 0.6) is 0 Å². The van der Waals surface area contributed by atoms with Crippen LogP contribution >= 0.6 is 11.6 Å². The van der Waals surface area contributed by atoms with E-state index in [4.69, 9.17) is 16.3 Å². The van der Waals surface area contributed by atoms with Crippen molar-refractivity contribution in [2.45, 2.75) is 26.2 Å². The Hall–Kier alpha value is -1.10. The minimum absolute atomic E-state index is 0.107. The van der Waals surface area contributed by atoms with Gasteiger partial charge in [0.25, 0.3) is 0 Å². The molecule has 0 spiro atoms. The summed E-state index contributed by atoms with van der Waals surface area (Å²) in [4.78, 5) is 14.8. The maximum Gasteiger partial charge on any atom is 0.313 e. The highest BCUT2D eigenvalue weighted by Gasteiger charge is 2.43. The first-order valence-electron chi connectivity index (χ1n) is 7.84. The van der Waals surface area contributed by atoms with Crippen molar-refractivity contribution in [2.75, 3.05) is 32.8 Å². The second kappa shape index (κ2) is 7.95. The van der Waals surface area contributed by atoms with Crippen molar-refractivity contribution < 1.29 is 14.6 Å². The van der Waals surface area contributed by atoms with Gasteiger partial charge in [-0.1, -0.05) is 23.7 Å². The van der Waals surface area contributed by atoms with Crippen molar-refractivity contribution >= 4 is 17.6 Å². The van der Waals surface area contributed by atoms with Crippen LogP contribution in [0.25, 0.3) is 0 Å². The Labute approximate surface area is 137 Å². The summed E-state index contributed by atoms with van der Waals surface area (Å²) in [7, 11) is 0. The van der Waals surface area contributed by atoms with E-state index in [0.717, 1.165) is 24.9 Å². The maximum absolute atomic E-state index is 12.6. The van der Waals surface area contributed by atoms with Gasteiger partial charge in [-0.05, 0) is 50.4 Å². The van der Waals surface area contributed by atoms with Crippen molar-refractivity contribution in [3.8, 4) is 0 Å². The third kappa shape index (κ3) is 4.22. The molecule has 1 N–H and O–H groups in total. The number of halogens is 1. The van der Waals surface area contributed by atoms with E-state index in [-0.39, 0.29) is 12.6 Å². The van der Waals surface area contributed by atoms with Crippen LogP contribution in [0.15, 0.2) is 24.3 Å². The lowest BCUT2D eigenvalue weighted by Crippen LogP contribution is -2.50. The monoisotopic (exact) mass is 325 g/mol. The molecule has 0 aliphatic carbocycles. The van der Waals surface area contributed by atoms with Crippen molar-refractivity contribution in [1.29, 1.82) is 0 Å². The van der Waals surface area contributed by atoms with Gasteiger partial charge in [0.1, 0.15) is 0 Å². The van der Waals surface area contributed by atoms with E-state index in [1.807, 2.05) is 31.2 Å². The molecular weight excluding hydrogens is 302 g/mol. The average molecular weight is 326 g/mol. The number of benzene rings is 1. The lowest BCUT2D eigenvalue weighted by molar-refractivity contribution is -0.159. The zero-order valence-corrected chi connectivity index (χ0v) is 13.8. The Morgan fingerprint density at radius 3 is 3.00 bits per heavy atom. The molecule has 1 aliphatic heterocycles. The summed E-state index contributed by atoms with van der Waals surface area (Å²) in [5.74, 6) is -0.141. The Morgan fingerprint density at radius 1 is 1.50 bits per heavy atom. The fraction of sp³-hybridized carbons (Fsp3) is 0.588. The number of aliphatic hydroxyl groups is 1. The normalized spacial score (nSPS) is 22.5. The Balaban J connectivity index is 2.23. The summed E-state index contributed by atoms with van der Waals surface area (Å²) >= 11 is 6.07. The molecule has 0 bridgehead atoms. The summed E-state index contributed by atoms with van der Waals surface area (Å²) in [5, 5.41) is 9.86. The van der Waals surface area contributed by atoms with Crippen molar-refractivity contribution in [3.63, 3.8) is 0 Å². The number of hydrogen-bond donors (Lipinski definition) is 1. The van der Waals surface area contributed by atoms with E-state index in [1.165, 1.54) is 0 Å². The van der Waals surface area contributed by atoms with E-state index in [2.05, 4.69) is 4.90 Å². The van der Waals surface area contributed by atoms with Gasteiger partial charge < -0.3 is 9.84 Å². The Morgan fingerprint density at radius 2 is 2.32 bits per heavy atom. The zero-order chi connectivity index (χ0) is 16.0. The van der Waals surface area contributed by atoms with E-state index < -0.39 is 5.41 Å². The Bertz CT molecular complexity index is 506. The van der Waals surface area contributed by atoms with E-state index >= 15 is 0 Å². The van der Waals surface area contributed by atoms with Gasteiger partial charge in [-0.3, -0.25) is 9.69 Å². The van der Waals surface area contributed by atoms with E-state index in [9.17, 15) is 9.90 Å². The molecule has 0 radical (unpaired) electrons. The fourth-order valence-electron chi connectivity index (χ4n) is 3.26. The molecule has 1 atom stereocenters. The highest BCUT2D eigenvalue weighted by atomic mass is 35.5. The molecule has 2 rings (SSSR count). The van der Waals surface area contributed by atoms with Gasteiger partial charge in [-0.2, -0.15) is 0 Å². The van der Waals surface area contributed by atoms with Crippen LogP contribution in [0.1, 0.15) is 25.3 Å². The lowest BCUT2D eigenvalue weighted by atomic mass is 9.75. The minimum Gasteiger partial charge on any atom is -0.466 e. The maximum atomic E-state index is 12.6. The number of rotatable bonds is 6. The number of β-amino-alcohol motifs (C(OH)–C–C–N with tert-alkyl or cyclic N) is 1. The second-order valence-electron chi connectivity index (χ2n) is 5.91.